The van der Waals surface area contributed by atoms with Crippen molar-refractivity contribution in [3.63, 3.8) is 0 Å². The third-order valence-corrected chi connectivity index (χ3v) is 9.73. The minimum atomic E-state index is -1.19. The number of carbonyl (C=O) groups excluding carboxylic acids is 3. The Labute approximate surface area is 308 Å². The van der Waals surface area contributed by atoms with Crippen LogP contribution in [0.15, 0.2) is 60.0 Å². The van der Waals surface area contributed by atoms with E-state index in [1.165, 1.54) is 7.11 Å². The Kier molecular flexibility index (Phi) is 13.5. The first-order valence-electron chi connectivity index (χ1n) is 17.3. The molecule has 0 aliphatic carbocycles. The maximum atomic E-state index is 13.7. The first-order chi connectivity index (χ1) is 24.9. The standard InChI is InChI=1S/C37H49N5O9S/c1-23-38-26(22-52-23)20-49-27-13-11-24(12-14-27)17-29(39-36(46)51-31-21-50-34-28(31)15-16-48-34)30(43)19-42(18-25-9-7-6-8-10-25)41-33(44)32(37(2,3)4)40-35(45)47-5/h6-14,22,28-32,34,43H,15-21H2,1-5H3,(H,39,46)(H,40,45)(H,41,44). The van der Waals surface area contributed by atoms with E-state index < -0.39 is 47.8 Å². The highest BCUT2D eigenvalue weighted by molar-refractivity contribution is 7.09. The van der Waals surface area contributed by atoms with Crippen LogP contribution < -0.4 is 20.8 Å². The topological polar surface area (TPSA) is 170 Å². The Hall–Kier alpha value is -4.28. The summed E-state index contributed by atoms with van der Waals surface area (Å²) in [7, 11) is 1.23. The Balaban J connectivity index is 1.32. The number of ether oxygens (including phenoxy) is 5. The maximum absolute atomic E-state index is 13.7. The van der Waals surface area contributed by atoms with Gasteiger partial charge < -0.3 is 39.4 Å². The summed E-state index contributed by atoms with van der Waals surface area (Å²) in [4.78, 5) is 43.6. The van der Waals surface area contributed by atoms with Gasteiger partial charge in [0.05, 0.1) is 49.1 Å². The molecule has 2 aliphatic rings. The van der Waals surface area contributed by atoms with Crippen molar-refractivity contribution in [1.82, 2.24) is 26.1 Å². The number of nitrogens with zero attached hydrogens (tertiary/aromatic N) is 2. The molecule has 3 aromatic rings. The van der Waals surface area contributed by atoms with E-state index in [-0.39, 0.29) is 38.3 Å². The molecule has 15 heteroatoms. The summed E-state index contributed by atoms with van der Waals surface area (Å²) in [6, 6.07) is 15.0. The molecule has 0 bridgehead atoms. The van der Waals surface area contributed by atoms with Crippen molar-refractivity contribution in [1.29, 1.82) is 0 Å². The van der Waals surface area contributed by atoms with E-state index in [2.05, 4.69) is 21.0 Å². The van der Waals surface area contributed by atoms with Gasteiger partial charge in [0.1, 0.15) is 24.5 Å². The van der Waals surface area contributed by atoms with Gasteiger partial charge in [-0.15, -0.1) is 11.3 Å². The van der Waals surface area contributed by atoms with Crippen molar-refractivity contribution in [2.75, 3.05) is 26.9 Å². The van der Waals surface area contributed by atoms with Gasteiger partial charge in [-0.2, -0.15) is 0 Å². The van der Waals surface area contributed by atoms with E-state index in [0.717, 1.165) is 28.2 Å². The monoisotopic (exact) mass is 739 g/mol. The minimum Gasteiger partial charge on any atom is -0.487 e. The minimum absolute atomic E-state index is 0.0548. The highest BCUT2D eigenvalue weighted by Crippen LogP contribution is 2.33. The van der Waals surface area contributed by atoms with Crippen LogP contribution in [-0.4, -0.2) is 90.6 Å². The van der Waals surface area contributed by atoms with E-state index in [9.17, 15) is 19.5 Å². The lowest BCUT2D eigenvalue weighted by molar-refractivity contribution is -0.131. The van der Waals surface area contributed by atoms with Crippen LogP contribution in [0.2, 0.25) is 0 Å². The number of thiazole rings is 1. The second-order valence-electron chi connectivity index (χ2n) is 14.1. The first-order valence-corrected chi connectivity index (χ1v) is 18.2. The van der Waals surface area contributed by atoms with Crippen LogP contribution in [0.4, 0.5) is 9.59 Å². The van der Waals surface area contributed by atoms with Crippen molar-refractivity contribution in [3.8, 4) is 5.75 Å². The second kappa shape index (κ2) is 18.0. The Morgan fingerprint density at radius 1 is 1.04 bits per heavy atom. The molecule has 2 aliphatic heterocycles. The summed E-state index contributed by atoms with van der Waals surface area (Å²) in [5.41, 5.74) is 4.76. The third kappa shape index (κ3) is 11.1. The fourth-order valence-corrected chi connectivity index (χ4v) is 6.74. The first kappa shape index (κ1) is 38.9. The number of amides is 3. The van der Waals surface area contributed by atoms with Crippen molar-refractivity contribution in [2.45, 2.75) is 84.3 Å². The summed E-state index contributed by atoms with van der Waals surface area (Å²) in [6.45, 7) is 8.65. The molecule has 6 atom stereocenters. The lowest BCUT2D eigenvalue weighted by Crippen LogP contribution is -2.59. The highest BCUT2D eigenvalue weighted by atomic mass is 32.1. The average molecular weight is 740 g/mol. The van der Waals surface area contributed by atoms with E-state index in [0.29, 0.717) is 19.0 Å². The van der Waals surface area contributed by atoms with Gasteiger partial charge in [0.2, 0.25) is 0 Å². The molecule has 14 nitrogen and oxygen atoms in total. The number of methoxy groups -OCH3 is 1. The molecule has 2 saturated heterocycles. The quantitative estimate of drug-likeness (QED) is 0.166. The van der Waals surface area contributed by atoms with Gasteiger partial charge in [0.25, 0.3) is 5.91 Å². The normalized spacial score (nSPS) is 20.0. The van der Waals surface area contributed by atoms with Crippen LogP contribution in [0.25, 0.3) is 0 Å². The van der Waals surface area contributed by atoms with Crippen LogP contribution >= 0.6 is 11.3 Å². The lowest BCUT2D eigenvalue weighted by atomic mass is 9.86. The van der Waals surface area contributed by atoms with Gasteiger partial charge in [0.15, 0.2) is 6.29 Å². The number of rotatable bonds is 15. The van der Waals surface area contributed by atoms with Crippen molar-refractivity contribution < 1.29 is 43.2 Å². The number of aliphatic hydroxyl groups is 1. The Bertz CT molecular complexity index is 1620. The highest BCUT2D eigenvalue weighted by Gasteiger charge is 2.44. The summed E-state index contributed by atoms with van der Waals surface area (Å²) < 4.78 is 27.7. The fourth-order valence-electron chi connectivity index (χ4n) is 6.14. The smallest absolute Gasteiger partial charge is 0.407 e. The Morgan fingerprint density at radius 3 is 2.46 bits per heavy atom. The van der Waals surface area contributed by atoms with Crippen LogP contribution in [0.3, 0.4) is 0 Å². The number of fused-ring (bicyclic) bond motifs is 1. The molecule has 6 unspecified atom stereocenters. The number of aromatic nitrogens is 1. The van der Waals surface area contributed by atoms with Crippen LogP contribution in [0.5, 0.6) is 5.75 Å². The van der Waals surface area contributed by atoms with Crippen molar-refractivity contribution in [3.05, 3.63) is 81.8 Å². The van der Waals surface area contributed by atoms with Gasteiger partial charge in [-0.3, -0.25) is 10.2 Å². The summed E-state index contributed by atoms with van der Waals surface area (Å²) >= 11 is 1.56. The molecule has 0 spiro atoms. The summed E-state index contributed by atoms with van der Waals surface area (Å²) in [5.74, 6) is 0.0999. The van der Waals surface area contributed by atoms with E-state index in [1.807, 2.05) is 87.7 Å². The number of hydrazine groups is 1. The van der Waals surface area contributed by atoms with Crippen molar-refractivity contribution in [2.24, 2.45) is 11.3 Å². The number of aliphatic hydroxyl groups excluding tert-OH is 1. The van der Waals surface area contributed by atoms with Crippen LogP contribution in [-0.2, 0) is 43.3 Å². The second-order valence-corrected chi connectivity index (χ2v) is 15.1. The number of alkyl carbamates (subject to hydrolysis) is 2. The van der Waals surface area contributed by atoms with Gasteiger partial charge in [-0.1, -0.05) is 63.2 Å². The van der Waals surface area contributed by atoms with Gasteiger partial charge in [-0.25, -0.2) is 19.6 Å². The van der Waals surface area contributed by atoms with E-state index >= 15 is 0 Å². The zero-order valence-electron chi connectivity index (χ0n) is 30.2. The third-order valence-electron chi connectivity index (χ3n) is 8.91. The predicted octanol–water partition coefficient (Wildman–Crippen LogP) is 4.09. The molecule has 5 rings (SSSR count). The van der Waals surface area contributed by atoms with Gasteiger partial charge in [-0.05, 0) is 48.4 Å². The lowest BCUT2D eigenvalue weighted by Gasteiger charge is -2.34. The molecule has 2 fully saturated rings. The maximum Gasteiger partial charge on any atom is 0.407 e. The number of aryl methyl sites for hydroxylation is 1. The van der Waals surface area contributed by atoms with E-state index in [1.54, 1.807) is 16.3 Å². The number of carbonyl (C=O) groups is 3. The Morgan fingerprint density at radius 2 is 1.79 bits per heavy atom. The average Bonchev–Trinajstić information content (AvgIpc) is 3.85. The molecule has 3 heterocycles. The molecule has 0 saturated carbocycles. The predicted molar refractivity (Wildman–Crippen MR) is 192 cm³/mol. The van der Waals surface area contributed by atoms with Crippen molar-refractivity contribution >= 4 is 29.4 Å². The van der Waals surface area contributed by atoms with Gasteiger partial charge in [0, 0.05) is 18.5 Å². The molecule has 282 valence electrons. The molecule has 2 aromatic carbocycles. The number of nitrogens with one attached hydrogen (secondary N) is 3. The summed E-state index contributed by atoms with van der Waals surface area (Å²) in [5, 5.41) is 21.8. The molecule has 52 heavy (non-hydrogen) atoms. The molecule has 4 N–H and O–H groups in total. The molecular formula is C37H49N5O9S. The number of hydrogen-bond acceptors (Lipinski definition) is 12. The zero-order chi connectivity index (χ0) is 37.3. The largest absolute Gasteiger partial charge is 0.487 e. The number of hydrogen-bond donors (Lipinski definition) is 4. The molecular weight excluding hydrogens is 691 g/mol. The fraction of sp³-hybridized carbons (Fsp3) is 0.514. The number of benzene rings is 2. The van der Waals surface area contributed by atoms with Crippen LogP contribution in [0, 0.1) is 18.3 Å². The molecule has 1 aromatic heterocycles. The van der Waals surface area contributed by atoms with Crippen LogP contribution in [0.1, 0.15) is 49.0 Å². The zero-order valence-corrected chi connectivity index (χ0v) is 31.0. The molecule has 3 amide bonds. The molecule has 0 radical (unpaired) electrons. The SMILES string of the molecule is COC(=O)NC(C(=O)NN(Cc1ccccc1)CC(O)C(Cc1ccc(OCc2csc(C)n2)cc1)NC(=O)OC1COC2OCCC12)C(C)(C)C. The summed E-state index contributed by atoms with van der Waals surface area (Å²) in [6.07, 6.45) is -2.54. The van der Waals surface area contributed by atoms with E-state index in [4.69, 9.17) is 23.7 Å². The van der Waals surface area contributed by atoms with Gasteiger partial charge >= 0.3 is 12.2 Å².